The van der Waals surface area contributed by atoms with Gasteiger partial charge in [-0.25, -0.2) is 4.79 Å². The molecule has 142 valence electrons. The van der Waals surface area contributed by atoms with Crippen LogP contribution in [-0.2, 0) is 9.59 Å². The fourth-order valence-electron chi connectivity index (χ4n) is 3.66. The zero-order valence-electron chi connectivity index (χ0n) is 15.5. The van der Waals surface area contributed by atoms with Gasteiger partial charge in [-0.1, -0.05) is 30.3 Å². The van der Waals surface area contributed by atoms with Crippen molar-refractivity contribution in [1.29, 1.82) is 0 Å². The number of ether oxygens (including phenoxy) is 1. The Morgan fingerprint density at radius 3 is 2.41 bits per heavy atom. The van der Waals surface area contributed by atoms with Crippen LogP contribution in [0.15, 0.2) is 48.5 Å². The third kappa shape index (κ3) is 5.09. The lowest BCUT2D eigenvalue weighted by molar-refractivity contribution is -0.139. The van der Waals surface area contributed by atoms with Gasteiger partial charge in [0.05, 0.1) is 0 Å². The van der Waals surface area contributed by atoms with Crippen molar-refractivity contribution in [3.05, 3.63) is 59.7 Å². The topological polar surface area (TPSA) is 75.6 Å². The van der Waals surface area contributed by atoms with Crippen LogP contribution in [0, 0.1) is 12.8 Å². The van der Waals surface area contributed by atoms with Crippen molar-refractivity contribution in [2.45, 2.75) is 38.5 Å². The average Bonchev–Trinajstić information content (AvgIpc) is 2.69. The molecule has 0 atom stereocenters. The molecule has 2 aromatic carbocycles. The van der Waals surface area contributed by atoms with E-state index in [1.165, 1.54) is 5.56 Å². The smallest absolute Gasteiger partial charge is 0.341 e. The van der Waals surface area contributed by atoms with Crippen LogP contribution in [0.3, 0.4) is 0 Å². The van der Waals surface area contributed by atoms with Crippen LogP contribution in [0.2, 0.25) is 0 Å². The summed E-state index contributed by atoms with van der Waals surface area (Å²) in [4.78, 5) is 23.2. The second-order valence-electron chi connectivity index (χ2n) is 7.11. The highest BCUT2D eigenvalue weighted by Crippen LogP contribution is 2.36. The van der Waals surface area contributed by atoms with Crippen LogP contribution >= 0.6 is 0 Å². The first-order valence-corrected chi connectivity index (χ1v) is 9.34. The lowest BCUT2D eigenvalue weighted by atomic mass is 9.78. The predicted molar refractivity (Wildman–Crippen MR) is 104 cm³/mol. The summed E-state index contributed by atoms with van der Waals surface area (Å²) in [5.74, 6) is 0.103. The first-order valence-electron chi connectivity index (χ1n) is 9.34. The molecule has 1 amide bonds. The SMILES string of the molecule is Cc1cc(OCC(=O)O)ccc1NC(=O)C1CCC(c2ccccc2)CC1. The van der Waals surface area contributed by atoms with Crippen molar-refractivity contribution in [2.75, 3.05) is 11.9 Å². The number of hydrogen-bond acceptors (Lipinski definition) is 3. The lowest BCUT2D eigenvalue weighted by Crippen LogP contribution is -2.27. The second-order valence-corrected chi connectivity index (χ2v) is 7.11. The minimum atomic E-state index is -1.02. The molecule has 0 aliphatic heterocycles. The lowest BCUT2D eigenvalue weighted by Gasteiger charge is -2.28. The van der Waals surface area contributed by atoms with Crippen molar-refractivity contribution >= 4 is 17.6 Å². The van der Waals surface area contributed by atoms with E-state index in [0.717, 1.165) is 36.9 Å². The average molecular weight is 367 g/mol. The molecule has 0 bridgehead atoms. The van der Waals surface area contributed by atoms with Crippen molar-refractivity contribution < 1.29 is 19.4 Å². The fraction of sp³-hybridized carbons (Fsp3) is 0.364. The van der Waals surface area contributed by atoms with Gasteiger partial charge in [0.1, 0.15) is 5.75 Å². The van der Waals surface area contributed by atoms with Crippen LogP contribution in [0.25, 0.3) is 0 Å². The maximum atomic E-state index is 12.6. The summed E-state index contributed by atoms with van der Waals surface area (Å²) >= 11 is 0. The molecule has 2 aromatic rings. The largest absolute Gasteiger partial charge is 0.482 e. The molecule has 2 N–H and O–H groups in total. The van der Waals surface area contributed by atoms with Crippen molar-refractivity contribution in [3.63, 3.8) is 0 Å². The number of benzene rings is 2. The van der Waals surface area contributed by atoms with Crippen molar-refractivity contribution in [3.8, 4) is 5.75 Å². The molecule has 1 aliphatic carbocycles. The van der Waals surface area contributed by atoms with Gasteiger partial charge in [0, 0.05) is 11.6 Å². The van der Waals surface area contributed by atoms with Crippen molar-refractivity contribution in [2.24, 2.45) is 5.92 Å². The third-order valence-corrected chi connectivity index (χ3v) is 5.19. The quantitative estimate of drug-likeness (QED) is 0.795. The Morgan fingerprint density at radius 2 is 1.78 bits per heavy atom. The van der Waals surface area contributed by atoms with Gasteiger partial charge in [-0.15, -0.1) is 0 Å². The molecule has 3 rings (SSSR count). The molecular weight excluding hydrogens is 342 g/mol. The highest BCUT2D eigenvalue weighted by molar-refractivity contribution is 5.93. The van der Waals surface area contributed by atoms with Gasteiger partial charge in [0.15, 0.2) is 6.61 Å². The van der Waals surface area contributed by atoms with E-state index >= 15 is 0 Å². The maximum Gasteiger partial charge on any atom is 0.341 e. The number of aryl methyl sites for hydroxylation is 1. The van der Waals surface area contributed by atoms with E-state index in [-0.39, 0.29) is 18.4 Å². The number of rotatable bonds is 6. The molecule has 0 spiro atoms. The Balaban J connectivity index is 1.54. The van der Waals surface area contributed by atoms with Crippen molar-refractivity contribution in [1.82, 2.24) is 0 Å². The molecule has 0 radical (unpaired) electrons. The predicted octanol–water partition coefficient (Wildman–Crippen LogP) is 4.37. The van der Waals surface area contributed by atoms with Gasteiger partial charge in [-0.05, 0) is 67.9 Å². The number of anilines is 1. The van der Waals surface area contributed by atoms with Crippen LogP contribution in [0.5, 0.6) is 5.75 Å². The van der Waals surface area contributed by atoms with E-state index in [1.807, 2.05) is 13.0 Å². The molecule has 0 saturated heterocycles. The molecule has 0 aromatic heterocycles. The number of amides is 1. The zero-order chi connectivity index (χ0) is 19.2. The summed E-state index contributed by atoms with van der Waals surface area (Å²) in [6.45, 7) is 1.49. The minimum Gasteiger partial charge on any atom is -0.482 e. The molecule has 0 heterocycles. The molecule has 0 unspecified atom stereocenters. The zero-order valence-corrected chi connectivity index (χ0v) is 15.5. The number of carbonyl (C=O) groups is 2. The fourth-order valence-corrected chi connectivity index (χ4v) is 3.66. The minimum absolute atomic E-state index is 0.0345. The summed E-state index contributed by atoms with van der Waals surface area (Å²) in [6.07, 6.45) is 3.85. The molecule has 1 fully saturated rings. The normalized spacial score (nSPS) is 19.3. The van der Waals surface area contributed by atoms with E-state index in [4.69, 9.17) is 9.84 Å². The van der Waals surface area contributed by atoms with Gasteiger partial charge >= 0.3 is 5.97 Å². The Hall–Kier alpha value is -2.82. The molecule has 5 nitrogen and oxygen atoms in total. The van der Waals surface area contributed by atoms with E-state index in [0.29, 0.717) is 11.7 Å². The Labute approximate surface area is 159 Å². The molecule has 5 heteroatoms. The Kier molecular flexibility index (Phi) is 6.12. The maximum absolute atomic E-state index is 12.6. The monoisotopic (exact) mass is 367 g/mol. The summed E-state index contributed by atoms with van der Waals surface area (Å²) < 4.78 is 5.17. The number of hydrogen-bond donors (Lipinski definition) is 2. The summed E-state index contributed by atoms with van der Waals surface area (Å²) in [7, 11) is 0. The first-order chi connectivity index (χ1) is 13.0. The number of carboxylic acid groups (broad SMARTS) is 1. The first kappa shape index (κ1) is 19.0. The summed E-state index contributed by atoms with van der Waals surface area (Å²) in [5, 5.41) is 11.7. The van der Waals surface area contributed by atoms with Crippen LogP contribution < -0.4 is 10.1 Å². The second kappa shape index (κ2) is 8.71. The number of carbonyl (C=O) groups excluding carboxylic acids is 1. The van der Waals surface area contributed by atoms with Gasteiger partial charge < -0.3 is 15.2 Å². The summed E-state index contributed by atoms with van der Waals surface area (Å²) in [5.41, 5.74) is 2.96. The standard InChI is InChI=1S/C22H25NO4/c1-15-13-19(27-14-21(24)25)11-12-20(15)23-22(26)18-9-7-17(8-10-18)16-5-3-2-4-6-16/h2-6,11-13,17-18H,7-10,14H2,1H3,(H,23,26)(H,24,25). The molecule has 1 saturated carbocycles. The number of nitrogens with one attached hydrogen (secondary N) is 1. The number of carboxylic acids is 1. The Bertz CT molecular complexity index is 795. The Morgan fingerprint density at radius 1 is 1.07 bits per heavy atom. The summed E-state index contributed by atoms with van der Waals surface area (Å²) in [6, 6.07) is 15.7. The van der Waals surface area contributed by atoms with Gasteiger partial charge in [0.2, 0.25) is 5.91 Å². The van der Waals surface area contributed by atoms with Gasteiger partial charge in [-0.3, -0.25) is 4.79 Å². The van der Waals surface area contributed by atoms with Gasteiger partial charge in [0.25, 0.3) is 0 Å². The number of aliphatic carboxylic acids is 1. The molecule has 27 heavy (non-hydrogen) atoms. The molecular formula is C22H25NO4. The van der Waals surface area contributed by atoms with Crippen LogP contribution in [0.4, 0.5) is 5.69 Å². The van der Waals surface area contributed by atoms with E-state index in [1.54, 1.807) is 18.2 Å². The van der Waals surface area contributed by atoms with Crippen LogP contribution in [-0.4, -0.2) is 23.6 Å². The highest BCUT2D eigenvalue weighted by Gasteiger charge is 2.27. The third-order valence-electron chi connectivity index (χ3n) is 5.19. The highest BCUT2D eigenvalue weighted by atomic mass is 16.5. The van der Waals surface area contributed by atoms with E-state index < -0.39 is 5.97 Å². The molecule has 1 aliphatic rings. The van der Waals surface area contributed by atoms with Crippen LogP contribution in [0.1, 0.15) is 42.7 Å². The van der Waals surface area contributed by atoms with Gasteiger partial charge in [-0.2, -0.15) is 0 Å². The van der Waals surface area contributed by atoms with E-state index in [9.17, 15) is 9.59 Å². The van der Waals surface area contributed by atoms with E-state index in [2.05, 4.69) is 29.6 Å².